The molecule has 1 aliphatic rings. The van der Waals surface area contributed by atoms with Crippen LogP contribution in [0.25, 0.3) is 10.3 Å². The van der Waals surface area contributed by atoms with E-state index in [1.807, 2.05) is 32.0 Å². The number of amides is 1. The first-order chi connectivity index (χ1) is 15.4. The fraction of sp³-hybridized carbons (Fsp3) is 0.391. The van der Waals surface area contributed by atoms with E-state index in [1.54, 1.807) is 0 Å². The molecule has 0 unspecified atom stereocenters. The van der Waals surface area contributed by atoms with Crippen LogP contribution in [0.4, 0.5) is 10.8 Å². The van der Waals surface area contributed by atoms with Crippen LogP contribution in [-0.4, -0.2) is 33.1 Å². The van der Waals surface area contributed by atoms with Crippen LogP contribution < -0.4 is 21.5 Å². The standard InChI is InChI=1S/C23H27N5O3S/c1-4-10-27-21(30)19-20(25-22(32-19)26-11-6-5-7-12-26)28(23(27)31)14-18(29)24-17-9-8-15(2)13-16(17)3/h4,8-9,13H,1,5-7,10-12,14H2,2-3H3,(H,24,29). The number of rotatable bonds is 6. The summed E-state index contributed by atoms with van der Waals surface area (Å²) >= 11 is 1.28. The monoisotopic (exact) mass is 453 g/mol. The van der Waals surface area contributed by atoms with Crippen molar-refractivity contribution in [3.05, 3.63) is 62.8 Å². The predicted octanol–water partition coefficient (Wildman–Crippen LogP) is 3.05. The van der Waals surface area contributed by atoms with Crippen molar-refractivity contribution in [1.82, 2.24) is 14.1 Å². The third kappa shape index (κ3) is 4.25. The molecule has 0 bridgehead atoms. The van der Waals surface area contributed by atoms with E-state index < -0.39 is 11.2 Å². The molecule has 4 rings (SSSR count). The van der Waals surface area contributed by atoms with Gasteiger partial charge in [0.2, 0.25) is 5.91 Å². The van der Waals surface area contributed by atoms with Gasteiger partial charge < -0.3 is 10.2 Å². The Balaban J connectivity index is 1.75. The number of thiazole rings is 1. The lowest BCUT2D eigenvalue weighted by Gasteiger charge is -2.25. The Kier molecular flexibility index (Phi) is 6.27. The average molecular weight is 454 g/mol. The van der Waals surface area contributed by atoms with Gasteiger partial charge in [-0.25, -0.2) is 9.78 Å². The van der Waals surface area contributed by atoms with Crippen LogP contribution >= 0.6 is 11.3 Å². The number of aryl methyl sites for hydroxylation is 2. The van der Waals surface area contributed by atoms with Gasteiger partial charge in [-0.15, -0.1) is 6.58 Å². The van der Waals surface area contributed by atoms with Crippen LogP contribution in [0, 0.1) is 13.8 Å². The summed E-state index contributed by atoms with van der Waals surface area (Å²) in [6, 6.07) is 5.75. The second-order valence-electron chi connectivity index (χ2n) is 8.14. The maximum Gasteiger partial charge on any atom is 0.333 e. The van der Waals surface area contributed by atoms with E-state index in [4.69, 9.17) is 0 Å². The predicted molar refractivity (Wildman–Crippen MR) is 129 cm³/mol. The first-order valence-electron chi connectivity index (χ1n) is 10.8. The topological polar surface area (TPSA) is 89.2 Å². The fourth-order valence-electron chi connectivity index (χ4n) is 4.01. The summed E-state index contributed by atoms with van der Waals surface area (Å²) in [5.74, 6) is -0.350. The van der Waals surface area contributed by atoms with Gasteiger partial charge in [-0.3, -0.25) is 18.7 Å². The Labute approximate surface area is 189 Å². The SMILES string of the molecule is C=CCn1c(=O)c2sc(N3CCCCC3)nc2n(CC(=O)Nc2ccc(C)cc2C)c1=O. The third-order valence-electron chi connectivity index (χ3n) is 5.65. The summed E-state index contributed by atoms with van der Waals surface area (Å²) < 4.78 is 2.78. The molecule has 1 fully saturated rings. The zero-order chi connectivity index (χ0) is 22.8. The highest BCUT2D eigenvalue weighted by Gasteiger charge is 2.22. The number of allylic oxidation sites excluding steroid dienone is 1. The molecule has 0 radical (unpaired) electrons. The van der Waals surface area contributed by atoms with Crippen molar-refractivity contribution in [1.29, 1.82) is 0 Å². The van der Waals surface area contributed by atoms with Crippen molar-refractivity contribution in [3.63, 3.8) is 0 Å². The zero-order valence-corrected chi connectivity index (χ0v) is 19.2. The molecule has 3 aromatic rings. The Bertz CT molecular complexity index is 1300. The number of anilines is 2. The van der Waals surface area contributed by atoms with Crippen LogP contribution in [-0.2, 0) is 17.9 Å². The minimum absolute atomic E-state index is 0.0727. The smallest absolute Gasteiger partial charge is 0.333 e. The van der Waals surface area contributed by atoms with Gasteiger partial charge in [-0.2, -0.15) is 0 Å². The number of hydrogen-bond acceptors (Lipinski definition) is 6. The van der Waals surface area contributed by atoms with Gasteiger partial charge in [0.1, 0.15) is 11.2 Å². The number of piperidine rings is 1. The second-order valence-corrected chi connectivity index (χ2v) is 9.11. The molecule has 9 heteroatoms. The number of carbonyl (C=O) groups is 1. The highest BCUT2D eigenvalue weighted by molar-refractivity contribution is 7.22. The number of fused-ring (bicyclic) bond motifs is 1. The highest BCUT2D eigenvalue weighted by Crippen LogP contribution is 2.28. The molecule has 1 saturated heterocycles. The van der Waals surface area contributed by atoms with Crippen molar-refractivity contribution >= 4 is 38.4 Å². The molecule has 32 heavy (non-hydrogen) atoms. The first-order valence-corrected chi connectivity index (χ1v) is 11.6. The summed E-state index contributed by atoms with van der Waals surface area (Å²) in [5.41, 5.74) is 2.04. The molecule has 0 spiro atoms. The van der Waals surface area contributed by atoms with E-state index in [0.717, 1.165) is 46.8 Å². The lowest BCUT2D eigenvalue weighted by Crippen LogP contribution is -2.41. The summed E-state index contributed by atoms with van der Waals surface area (Å²) in [5, 5.41) is 3.59. The molecule has 0 saturated carbocycles. The van der Waals surface area contributed by atoms with Crippen molar-refractivity contribution in [2.24, 2.45) is 0 Å². The molecule has 2 aromatic heterocycles. The Morgan fingerprint density at radius 2 is 1.94 bits per heavy atom. The lowest BCUT2D eigenvalue weighted by molar-refractivity contribution is -0.116. The maximum atomic E-state index is 13.1. The molecule has 1 aliphatic heterocycles. The number of nitrogens with zero attached hydrogens (tertiary/aromatic N) is 4. The Morgan fingerprint density at radius 1 is 1.19 bits per heavy atom. The van der Waals surface area contributed by atoms with Crippen molar-refractivity contribution in [3.8, 4) is 0 Å². The van der Waals surface area contributed by atoms with Gasteiger partial charge in [0, 0.05) is 25.3 Å². The number of carbonyl (C=O) groups excluding carboxylic acids is 1. The van der Waals surface area contributed by atoms with Gasteiger partial charge in [0.05, 0.1) is 0 Å². The minimum Gasteiger partial charge on any atom is -0.348 e. The largest absolute Gasteiger partial charge is 0.348 e. The molecule has 168 valence electrons. The second kappa shape index (κ2) is 9.12. The van der Waals surface area contributed by atoms with E-state index in [9.17, 15) is 14.4 Å². The summed E-state index contributed by atoms with van der Waals surface area (Å²) in [6.45, 7) is 9.14. The molecule has 0 aliphatic carbocycles. The van der Waals surface area contributed by atoms with E-state index in [0.29, 0.717) is 10.4 Å². The summed E-state index contributed by atoms with van der Waals surface area (Å²) in [7, 11) is 0. The quantitative estimate of drug-likeness (QED) is 0.580. The van der Waals surface area contributed by atoms with E-state index in [1.165, 1.54) is 28.4 Å². The highest BCUT2D eigenvalue weighted by atomic mass is 32.1. The molecule has 1 N–H and O–H groups in total. The van der Waals surface area contributed by atoms with Crippen molar-refractivity contribution < 1.29 is 4.79 Å². The number of hydrogen-bond donors (Lipinski definition) is 1. The first kappa shape index (κ1) is 22.0. The van der Waals surface area contributed by atoms with Crippen LogP contribution in [0.15, 0.2) is 40.4 Å². The van der Waals surface area contributed by atoms with Crippen molar-refractivity contribution in [2.75, 3.05) is 23.3 Å². The van der Waals surface area contributed by atoms with Gasteiger partial charge >= 0.3 is 5.69 Å². The van der Waals surface area contributed by atoms with Gasteiger partial charge in [0.25, 0.3) is 5.56 Å². The van der Waals surface area contributed by atoms with Gasteiger partial charge in [0.15, 0.2) is 10.8 Å². The van der Waals surface area contributed by atoms with Crippen LogP contribution in [0.1, 0.15) is 30.4 Å². The Hall–Kier alpha value is -3.20. The third-order valence-corrected chi connectivity index (χ3v) is 6.74. The normalized spacial score (nSPS) is 14.0. The molecular weight excluding hydrogens is 426 g/mol. The van der Waals surface area contributed by atoms with Crippen LogP contribution in [0.2, 0.25) is 0 Å². The maximum absolute atomic E-state index is 13.1. The summed E-state index contributed by atoms with van der Waals surface area (Å²) in [4.78, 5) is 45.8. The van der Waals surface area contributed by atoms with Crippen LogP contribution in [0.3, 0.4) is 0 Å². The Morgan fingerprint density at radius 3 is 2.62 bits per heavy atom. The molecule has 1 aromatic carbocycles. The minimum atomic E-state index is -0.561. The molecular formula is C23H27N5O3S. The van der Waals surface area contributed by atoms with E-state index >= 15 is 0 Å². The molecule has 8 nitrogen and oxygen atoms in total. The molecule has 1 amide bonds. The van der Waals surface area contributed by atoms with Crippen molar-refractivity contribution in [2.45, 2.75) is 46.2 Å². The molecule has 3 heterocycles. The van der Waals surface area contributed by atoms with Crippen LogP contribution in [0.5, 0.6) is 0 Å². The number of aromatic nitrogens is 3. The van der Waals surface area contributed by atoms with E-state index in [-0.39, 0.29) is 24.6 Å². The van der Waals surface area contributed by atoms with E-state index in [2.05, 4.69) is 21.8 Å². The summed E-state index contributed by atoms with van der Waals surface area (Å²) in [6.07, 6.45) is 4.82. The number of nitrogens with one attached hydrogen (secondary N) is 1. The molecule has 0 atom stereocenters. The average Bonchev–Trinajstić information content (AvgIpc) is 3.22. The fourth-order valence-corrected chi connectivity index (χ4v) is 5.08. The van der Waals surface area contributed by atoms with Gasteiger partial charge in [-0.1, -0.05) is 35.1 Å². The lowest BCUT2D eigenvalue weighted by atomic mass is 10.1. The number of benzene rings is 1. The van der Waals surface area contributed by atoms with Gasteiger partial charge in [-0.05, 0) is 44.7 Å². The zero-order valence-electron chi connectivity index (χ0n) is 18.4.